The highest BCUT2D eigenvalue weighted by Crippen LogP contribution is 2.10. The first-order valence-corrected chi connectivity index (χ1v) is 10.2. The van der Waals surface area contributed by atoms with Gasteiger partial charge in [0.05, 0.1) is 6.54 Å². The number of hydrogen-bond acceptors (Lipinski definition) is 3. The molecule has 0 bridgehead atoms. The molecule has 2 N–H and O–H groups in total. The number of nitrogens with zero attached hydrogens (tertiary/aromatic N) is 3. The van der Waals surface area contributed by atoms with E-state index >= 15 is 0 Å². The van der Waals surface area contributed by atoms with Crippen molar-refractivity contribution < 1.29 is 0 Å². The molecule has 2 rings (SSSR count). The molecule has 27 heavy (non-hydrogen) atoms. The van der Waals surface area contributed by atoms with Crippen LogP contribution < -0.4 is 10.6 Å². The zero-order chi connectivity index (χ0) is 18.6. The largest absolute Gasteiger partial charge is 0.357 e. The molecule has 1 aliphatic rings. The van der Waals surface area contributed by atoms with Gasteiger partial charge in [0.15, 0.2) is 5.96 Å². The molecule has 1 aromatic rings. The molecule has 0 aliphatic carbocycles. The molecule has 0 atom stereocenters. The zero-order valence-corrected chi connectivity index (χ0v) is 19.7. The number of guanidine groups is 1. The number of rotatable bonds is 8. The monoisotopic (exact) mass is 487 g/mol. The third-order valence-corrected chi connectivity index (χ3v) is 5.01. The fourth-order valence-electron chi connectivity index (χ4n) is 3.40. The van der Waals surface area contributed by atoms with Crippen LogP contribution in [-0.4, -0.2) is 68.6 Å². The van der Waals surface area contributed by atoms with Gasteiger partial charge in [-0.05, 0) is 64.0 Å². The zero-order valence-electron chi connectivity index (χ0n) is 17.3. The summed E-state index contributed by atoms with van der Waals surface area (Å²) in [5, 5.41) is 6.86. The minimum absolute atomic E-state index is 0. The van der Waals surface area contributed by atoms with Crippen LogP contribution >= 0.6 is 24.0 Å². The van der Waals surface area contributed by atoms with E-state index in [1.165, 1.54) is 50.3 Å². The topological polar surface area (TPSA) is 42.9 Å². The third-order valence-electron chi connectivity index (χ3n) is 5.01. The quantitative estimate of drug-likeness (QED) is 0.256. The average Bonchev–Trinajstić information content (AvgIpc) is 2.87. The van der Waals surface area contributed by atoms with Crippen LogP contribution in [0.2, 0.25) is 0 Å². The van der Waals surface area contributed by atoms with E-state index < -0.39 is 0 Å². The standard InChI is InChI=1S/C21H37N5.HI/c1-4-19-10-6-7-11-20(19)18-24-21(22-5-2)23-12-8-14-26-15-9-13-25(3)16-17-26;/h6-7,10-11H,4-5,8-9,12-18H2,1-3H3,(H2,22,23,24);1H. The Labute approximate surface area is 183 Å². The van der Waals surface area contributed by atoms with Crippen LogP contribution in [0, 0.1) is 0 Å². The number of aliphatic imine (C=N–C) groups is 1. The second-order valence-electron chi connectivity index (χ2n) is 7.10. The molecular weight excluding hydrogens is 449 g/mol. The van der Waals surface area contributed by atoms with Crippen molar-refractivity contribution in [1.82, 2.24) is 20.4 Å². The lowest BCUT2D eigenvalue weighted by Gasteiger charge is -2.20. The Balaban J connectivity index is 0.00000364. The van der Waals surface area contributed by atoms with Gasteiger partial charge in [0.1, 0.15) is 0 Å². The molecule has 0 amide bonds. The van der Waals surface area contributed by atoms with Crippen LogP contribution in [0.15, 0.2) is 29.3 Å². The first-order valence-electron chi connectivity index (χ1n) is 10.2. The average molecular weight is 487 g/mol. The predicted molar refractivity (Wildman–Crippen MR) is 127 cm³/mol. The lowest BCUT2D eigenvalue weighted by atomic mass is 10.1. The summed E-state index contributed by atoms with van der Waals surface area (Å²) in [7, 11) is 2.22. The maximum Gasteiger partial charge on any atom is 0.191 e. The van der Waals surface area contributed by atoms with Crippen LogP contribution in [0.25, 0.3) is 0 Å². The van der Waals surface area contributed by atoms with E-state index in [-0.39, 0.29) is 24.0 Å². The van der Waals surface area contributed by atoms with Gasteiger partial charge >= 0.3 is 0 Å². The number of aryl methyl sites for hydroxylation is 1. The fourth-order valence-corrected chi connectivity index (χ4v) is 3.40. The normalized spacial score (nSPS) is 16.5. The van der Waals surface area contributed by atoms with E-state index in [4.69, 9.17) is 4.99 Å². The van der Waals surface area contributed by atoms with Gasteiger partial charge in [-0.3, -0.25) is 0 Å². The molecule has 6 heteroatoms. The molecule has 1 heterocycles. The third kappa shape index (κ3) is 9.25. The molecule has 5 nitrogen and oxygen atoms in total. The molecule has 0 spiro atoms. The summed E-state index contributed by atoms with van der Waals surface area (Å²) in [4.78, 5) is 9.80. The summed E-state index contributed by atoms with van der Waals surface area (Å²) in [6.07, 6.45) is 3.49. The van der Waals surface area contributed by atoms with E-state index in [0.29, 0.717) is 0 Å². The highest BCUT2D eigenvalue weighted by Gasteiger charge is 2.11. The molecule has 154 valence electrons. The van der Waals surface area contributed by atoms with Crippen molar-refractivity contribution in [3.63, 3.8) is 0 Å². The molecule has 0 aromatic heterocycles. The summed E-state index contributed by atoms with van der Waals surface area (Å²) in [5.41, 5.74) is 2.71. The Morgan fingerprint density at radius 2 is 1.81 bits per heavy atom. The number of nitrogens with one attached hydrogen (secondary N) is 2. The number of hydrogen-bond donors (Lipinski definition) is 2. The smallest absolute Gasteiger partial charge is 0.191 e. The van der Waals surface area contributed by atoms with E-state index in [9.17, 15) is 0 Å². The lowest BCUT2D eigenvalue weighted by Crippen LogP contribution is -2.39. The van der Waals surface area contributed by atoms with Gasteiger partial charge < -0.3 is 20.4 Å². The van der Waals surface area contributed by atoms with Gasteiger partial charge in [0.2, 0.25) is 0 Å². The van der Waals surface area contributed by atoms with Crippen LogP contribution in [-0.2, 0) is 13.0 Å². The summed E-state index contributed by atoms with van der Waals surface area (Å²) in [6, 6.07) is 8.59. The van der Waals surface area contributed by atoms with Crippen molar-refractivity contribution in [2.24, 2.45) is 4.99 Å². The maximum atomic E-state index is 4.78. The Kier molecular flexibility index (Phi) is 12.7. The molecule has 0 unspecified atom stereocenters. The maximum absolute atomic E-state index is 4.78. The van der Waals surface area contributed by atoms with E-state index in [2.05, 4.69) is 65.6 Å². The Hall–Kier alpha value is -0.860. The van der Waals surface area contributed by atoms with E-state index in [0.717, 1.165) is 38.4 Å². The summed E-state index contributed by atoms with van der Waals surface area (Å²) >= 11 is 0. The minimum Gasteiger partial charge on any atom is -0.357 e. The number of likely N-dealkylation sites (N-methyl/N-ethyl adjacent to an activating group) is 1. The van der Waals surface area contributed by atoms with Crippen molar-refractivity contribution in [2.45, 2.75) is 39.7 Å². The second-order valence-corrected chi connectivity index (χ2v) is 7.10. The molecule has 1 aliphatic heterocycles. The SMILES string of the molecule is CCNC(=NCc1ccccc1CC)NCCCN1CCCN(C)CC1.I. The molecule has 0 radical (unpaired) electrons. The van der Waals surface area contributed by atoms with Crippen LogP contribution in [0.3, 0.4) is 0 Å². The summed E-state index contributed by atoms with van der Waals surface area (Å²) in [6.45, 7) is 12.9. The lowest BCUT2D eigenvalue weighted by molar-refractivity contribution is 0.274. The van der Waals surface area contributed by atoms with Crippen molar-refractivity contribution in [3.05, 3.63) is 35.4 Å². The van der Waals surface area contributed by atoms with Crippen molar-refractivity contribution in [3.8, 4) is 0 Å². The number of benzene rings is 1. The van der Waals surface area contributed by atoms with Crippen LogP contribution in [0.4, 0.5) is 0 Å². The molecule has 0 saturated carbocycles. The van der Waals surface area contributed by atoms with Gasteiger partial charge in [0.25, 0.3) is 0 Å². The van der Waals surface area contributed by atoms with E-state index in [1.54, 1.807) is 0 Å². The highest BCUT2D eigenvalue weighted by atomic mass is 127. The van der Waals surface area contributed by atoms with Crippen molar-refractivity contribution in [1.29, 1.82) is 0 Å². The first-order chi connectivity index (χ1) is 12.7. The highest BCUT2D eigenvalue weighted by molar-refractivity contribution is 14.0. The second kappa shape index (κ2) is 14.2. The van der Waals surface area contributed by atoms with Crippen LogP contribution in [0.1, 0.15) is 37.8 Å². The molecule has 1 saturated heterocycles. The van der Waals surface area contributed by atoms with Gasteiger partial charge in [-0.1, -0.05) is 31.2 Å². The van der Waals surface area contributed by atoms with Crippen LogP contribution in [0.5, 0.6) is 0 Å². The first kappa shape index (κ1) is 24.2. The minimum atomic E-state index is 0. The fraction of sp³-hybridized carbons (Fsp3) is 0.667. The van der Waals surface area contributed by atoms with Crippen molar-refractivity contribution in [2.75, 3.05) is 52.9 Å². The molecular formula is C21H38IN5. The molecule has 1 fully saturated rings. The summed E-state index contributed by atoms with van der Waals surface area (Å²) < 4.78 is 0. The Morgan fingerprint density at radius 3 is 2.56 bits per heavy atom. The predicted octanol–water partition coefficient (Wildman–Crippen LogP) is 2.95. The van der Waals surface area contributed by atoms with Gasteiger partial charge in [-0.15, -0.1) is 24.0 Å². The van der Waals surface area contributed by atoms with Crippen molar-refractivity contribution >= 4 is 29.9 Å². The van der Waals surface area contributed by atoms with E-state index in [1.807, 2.05) is 0 Å². The van der Waals surface area contributed by atoms with Gasteiger partial charge in [-0.2, -0.15) is 0 Å². The summed E-state index contributed by atoms with van der Waals surface area (Å²) in [5.74, 6) is 0.925. The van der Waals surface area contributed by atoms with Gasteiger partial charge in [0, 0.05) is 26.2 Å². The molecule has 1 aromatic carbocycles. The Bertz CT molecular complexity index is 549. The van der Waals surface area contributed by atoms with Gasteiger partial charge in [-0.25, -0.2) is 4.99 Å². The number of halogens is 1. The Morgan fingerprint density at radius 1 is 1.04 bits per heavy atom.